The van der Waals surface area contributed by atoms with Crippen LogP contribution in [0.25, 0.3) is 0 Å². The summed E-state index contributed by atoms with van der Waals surface area (Å²) in [7, 11) is 1.91. The van der Waals surface area contributed by atoms with Crippen LogP contribution in [0.15, 0.2) is 47.6 Å². The maximum atomic E-state index is 12.3. The lowest BCUT2D eigenvalue weighted by Crippen LogP contribution is -2.14. The van der Waals surface area contributed by atoms with E-state index in [0.717, 1.165) is 22.9 Å². The summed E-state index contributed by atoms with van der Waals surface area (Å²) in [5.74, 6) is 1.75. The minimum Gasteiger partial charge on any atom is -0.494 e. The molecule has 1 amide bonds. The van der Waals surface area contributed by atoms with Gasteiger partial charge in [-0.1, -0.05) is 30.0 Å². The smallest absolute Gasteiger partial charge is 0.234 e. The molecule has 3 aromatic rings. The predicted octanol–water partition coefficient (Wildman–Crippen LogP) is 4.17. The van der Waals surface area contributed by atoms with Crippen LogP contribution >= 0.6 is 11.8 Å². The van der Waals surface area contributed by atoms with E-state index in [-0.39, 0.29) is 11.7 Å². The van der Waals surface area contributed by atoms with Gasteiger partial charge in [0.15, 0.2) is 11.0 Å². The zero-order valence-corrected chi connectivity index (χ0v) is 18.5. The lowest BCUT2D eigenvalue weighted by Gasteiger charge is -2.12. The standard InChI is InChI=1S/C22H27N5O2S/c1-5-29-18-11-9-17(10-12-18)24-20(28)14-30-22-26-25-19(27(22)4)13-23-21-15(2)7-6-8-16(21)3/h6-12,23H,5,13-14H2,1-4H3,(H,24,28). The van der Waals surface area contributed by atoms with Crippen molar-refractivity contribution in [3.8, 4) is 5.75 Å². The number of hydrogen-bond acceptors (Lipinski definition) is 6. The largest absolute Gasteiger partial charge is 0.494 e. The van der Waals surface area contributed by atoms with Crippen LogP contribution in [0.4, 0.5) is 11.4 Å². The Balaban J connectivity index is 1.52. The van der Waals surface area contributed by atoms with Crippen LogP contribution in [-0.2, 0) is 18.4 Å². The number of carbonyl (C=O) groups excluding carboxylic acids is 1. The minimum absolute atomic E-state index is 0.0950. The molecule has 2 aromatic carbocycles. The van der Waals surface area contributed by atoms with E-state index in [1.165, 1.54) is 22.9 Å². The Bertz CT molecular complexity index is 981. The maximum absolute atomic E-state index is 12.3. The van der Waals surface area contributed by atoms with Crippen LogP contribution in [0.1, 0.15) is 23.9 Å². The molecule has 0 saturated carbocycles. The van der Waals surface area contributed by atoms with Gasteiger partial charge in [0.05, 0.1) is 18.9 Å². The average molecular weight is 426 g/mol. The Kier molecular flexibility index (Phi) is 7.35. The molecule has 0 fully saturated rings. The Morgan fingerprint density at radius 1 is 1.10 bits per heavy atom. The molecule has 7 nitrogen and oxygen atoms in total. The van der Waals surface area contributed by atoms with Crippen molar-refractivity contribution in [2.45, 2.75) is 32.5 Å². The van der Waals surface area contributed by atoms with Gasteiger partial charge < -0.3 is 19.9 Å². The molecule has 1 aromatic heterocycles. The van der Waals surface area contributed by atoms with Gasteiger partial charge in [-0.25, -0.2) is 0 Å². The molecule has 1 heterocycles. The van der Waals surface area contributed by atoms with Gasteiger partial charge in [-0.15, -0.1) is 10.2 Å². The van der Waals surface area contributed by atoms with Gasteiger partial charge in [-0.3, -0.25) is 4.79 Å². The second-order valence-electron chi connectivity index (χ2n) is 6.87. The number of para-hydroxylation sites is 1. The van der Waals surface area contributed by atoms with Crippen molar-refractivity contribution in [3.05, 3.63) is 59.4 Å². The zero-order chi connectivity index (χ0) is 21.5. The number of hydrogen-bond donors (Lipinski definition) is 2. The van der Waals surface area contributed by atoms with Crippen LogP contribution in [-0.4, -0.2) is 33.0 Å². The number of benzene rings is 2. The summed E-state index contributed by atoms with van der Waals surface area (Å²) >= 11 is 1.36. The third-order valence-corrected chi connectivity index (χ3v) is 5.63. The van der Waals surface area contributed by atoms with E-state index in [1.54, 1.807) is 0 Å². The second kappa shape index (κ2) is 10.2. The fourth-order valence-corrected chi connectivity index (χ4v) is 3.74. The lowest BCUT2D eigenvalue weighted by molar-refractivity contribution is -0.113. The number of nitrogens with one attached hydrogen (secondary N) is 2. The molecular formula is C22H27N5O2S. The van der Waals surface area contributed by atoms with E-state index in [0.29, 0.717) is 18.3 Å². The van der Waals surface area contributed by atoms with Crippen molar-refractivity contribution in [3.63, 3.8) is 0 Å². The molecule has 0 unspecified atom stereocenters. The Labute approximate surface area is 181 Å². The van der Waals surface area contributed by atoms with E-state index >= 15 is 0 Å². The summed E-state index contributed by atoms with van der Waals surface area (Å²) in [6.45, 7) is 7.27. The van der Waals surface area contributed by atoms with Gasteiger partial charge in [-0.05, 0) is 56.2 Å². The Morgan fingerprint density at radius 3 is 2.47 bits per heavy atom. The predicted molar refractivity (Wildman–Crippen MR) is 121 cm³/mol. The SMILES string of the molecule is CCOc1ccc(NC(=O)CSc2nnc(CNc3c(C)cccc3C)n2C)cc1. The average Bonchev–Trinajstić information content (AvgIpc) is 3.07. The summed E-state index contributed by atoms with van der Waals surface area (Å²) in [5, 5.41) is 15.5. The molecule has 0 atom stereocenters. The molecule has 2 N–H and O–H groups in total. The molecule has 158 valence electrons. The molecule has 0 aliphatic carbocycles. The van der Waals surface area contributed by atoms with Crippen LogP contribution in [0, 0.1) is 13.8 Å². The second-order valence-corrected chi connectivity index (χ2v) is 7.81. The first kappa shape index (κ1) is 21.7. The van der Waals surface area contributed by atoms with Gasteiger partial charge in [0.1, 0.15) is 5.75 Å². The summed E-state index contributed by atoms with van der Waals surface area (Å²) in [5.41, 5.74) is 4.24. The Hall–Kier alpha value is -3.00. The van der Waals surface area contributed by atoms with Gasteiger partial charge in [0, 0.05) is 18.4 Å². The van der Waals surface area contributed by atoms with Crippen LogP contribution in [0.3, 0.4) is 0 Å². The third kappa shape index (κ3) is 5.54. The summed E-state index contributed by atoms with van der Waals surface area (Å²) in [6, 6.07) is 13.5. The highest BCUT2D eigenvalue weighted by molar-refractivity contribution is 7.99. The highest BCUT2D eigenvalue weighted by Gasteiger charge is 2.12. The quantitative estimate of drug-likeness (QED) is 0.501. The first-order valence-electron chi connectivity index (χ1n) is 9.81. The minimum atomic E-state index is -0.0950. The monoisotopic (exact) mass is 425 g/mol. The van der Waals surface area contributed by atoms with E-state index in [1.807, 2.05) is 48.9 Å². The van der Waals surface area contributed by atoms with E-state index in [4.69, 9.17) is 4.74 Å². The molecule has 3 rings (SSSR count). The number of aryl methyl sites for hydroxylation is 2. The van der Waals surface area contributed by atoms with Crippen LogP contribution < -0.4 is 15.4 Å². The number of ether oxygens (including phenoxy) is 1. The Morgan fingerprint density at radius 2 is 1.80 bits per heavy atom. The lowest BCUT2D eigenvalue weighted by atomic mass is 10.1. The summed E-state index contributed by atoms with van der Waals surface area (Å²) in [6.07, 6.45) is 0. The number of aromatic nitrogens is 3. The molecule has 0 spiro atoms. The van der Waals surface area contributed by atoms with Crippen LogP contribution in [0.5, 0.6) is 5.75 Å². The van der Waals surface area contributed by atoms with Crippen molar-refractivity contribution in [1.82, 2.24) is 14.8 Å². The molecule has 0 bridgehead atoms. The highest BCUT2D eigenvalue weighted by atomic mass is 32.2. The molecule has 0 radical (unpaired) electrons. The maximum Gasteiger partial charge on any atom is 0.234 e. The van der Waals surface area contributed by atoms with Gasteiger partial charge in [0.25, 0.3) is 0 Å². The molecule has 8 heteroatoms. The fraction of sp³-hybridized carbons (Fsp3) is 0.318. The number of rotatable bonds is 9. The molecule has 30 heavy (non-hydrogen) atoms. The molecule has 0 aliphatic heterocycles. The van der Waals surface area contributed by atoms with Crippen molar-refractivity contribution in [2.75, 3.05) is 23.0 Å². The topological polar surface area (TPSA) is 81.1 Å². The molecule has 0 aliphatic rings. The number of anilines is 2. The first-order chi connectivity index (χ1) is 14.5. The normalized spacial score (nSPS) is 10.7. The molecule has 0 saturated heterocycles. The van der Waals surface area contributed by atoms with E-state index in [9.17, 15) is 4.79 Å². The summed E-state index contributed by atoms with van der Waals surface area (Å²) < 4.78 is 7.32. The molecular weight excluding hydrogens is 398 g/mol. The van der Waals surface area contributed by atoms with Crippen molar-refractivity contribution < 1.29 is 9.53 Å². The van der Waals surface area contributed by atoms with Crippen molar-refractivity contribution >= 4 is 29.0 Å². The van der Waals surface area contributed by atoms with Gasteiger partial charge in [0.2, 0.25) is 5.91 Å². The number of amides is 1. The number of thioether (sulfide) groups is 1. The van der Waals surface area contributed by atoms with Gasteiger partial charge >= 0.3 is 0 Å². The van der Waals surface area contributed by atoms with Gasteiger partial charge in [-0.2, -0.15) is 0 Å². The summed E-state index contributed by atoms with van der Waals surface area (Å²) in [4.78, 5) is 12.3. The van der Waals surface area contributed by atoms with E-state index < -0.39 is 0 Å². The number of carbonyl (C=O) groups is 1. The highest BCUT2D eigenvalue weighted by Crippen LogP contribution is 2.21. The van der Waals surface area contributed by atoms with Crippen LogP contribution in [0.2, 0.25) is 0 Å². The zero-order valence-electron chi connectivity index (χ0n) is 17.7. The third-order valence-electron chi connectivity index (χ3n) is 4.61. The van der Waals surface area contributed by atoms with E-state index in [2.05, 4.69) is 46.8 Å². The van der Waals surface area contributed by atoms with Crippen molar-refractivity contribution in [1.29, 1.82) is 0 Å². The fourth-order valence-electron chi connectivity index (χ4n) is 3.01. The number of nitrogens with zero attached hydrogens (tertiary/aromatic N) is 3. The van der Waals surface area contributed by atoms with Crippen molar-refractivity contribution in [2.24, 2.45) is 7.05 Å². The first-order valence-corrected chi connectivity index (χ1v) is 10.8.